The first kappa shape index (κ1) is 16.7. The smallest absolute Gasteiger partial charge is 0.357 e. The van der Waals surface area contributed by atoms with Crippen LogP contribution in [0, 0.1) is 10.1 Å². The summed E-state index contributed by atoms with van der Waals surface area (Å²) in [6.45, 7) is 0. The molecule has 9 heteroatoms. The average molecular weight is 404 g/mol. The lowest BCUT2D eigenvalue weighted by Gasteiger charge is -1.97. The molecule has 2 aromatic heterocycles. The van der Waals surface area contributed by atoms with Crippen molar-refractivity contribution in [3.63, 3.8) is 0 Å². The molecule has 0 fully saturated rings. The van der Waals surface area contributed by atoms with E-state index in [2.05, 4.69) is 20.9 Å². The molecule has 25 heavy (non-hydrogen) atoms. The quantitative estimate of drug-likeness (QED) is 0.511. The maximum atomic E-state index is 11.6. The van der Waals surface area contributed by atoms with Crippen LogP contribution in [0.4, 0.5) is 5.69 Å². The van der Waals surface area contributed by atoms with Gasteiger partial charge in [0.2, 0.25) is 0 Å². The van der Waals surface area contributed by atoms with Crippen LogP contribution in [0.15, 0.2) is 54.9 Å². The lowest BCUT2D eigenvalue weighted by atomic mass is 10.2. The van der Waals surface area contributed by atoms with Gasteiger partial charge in [-0.15, -0.1) is 0 Å². The minimum absolute atomic E-state index is 0.208. The largest absolute Gasteiger partial charge is 0.457 e. The highest BCUT2D eigenvalue weighted by Crippen LogP contribution is 2.25. The molecule has 0 radical (unpaired) electrons. The molecule has 0 bridgehead atoms. The summed E-state index contributed by atoms with van der Waals surface area (Å²) in [5, 5.41) is 11.0. The summed E-state index contributed by atoms with van der Waals surface area (Å²) in [7, 11) is 0. The van der Waals surface area contributed by atoms with Crippen LogP contribution in [-0.4, -0.2) is 14.9 Å². The molecule has 0 aliphatic heterocycles. The van der Waals surface area contributed by atoms with Gasteiger partial charge in [-0.25, -0.2) is 4.79 Å². The third kappa shape index (κ3) is 3.66. The van der Waals surface area contributed by atoms with Crippen LogP contribution in [0.1, 0.15) is 11.5 Å². The number of H-pyrrole nitrogens is 2. The van der Waals surface area contributed by atoms with Gasteiger partial charge in [-0.05, 0) is 36.4 Å². The first-order valence-corrected chi connectivity index (χ1v) is 7.78. The molecule has 0 unspecified atom stereocenters. The second kappa shape index (κ2) is 6.73. The molecule has 0 aliphatic rings. The number of hydrogen-bond acceptors (Lipinski definition) is 5. The van der Waals surface area contributed by atoms with Gasteiger partial charge in [-0.3, -0.25) is 19.9 Å². The minimum atomic E-state index is -1.07. The molecule has 2 N–H and O–H groups in total. The molecule has 1 aromatic carbocycles. The maximum absolute atomic E-state index is 11.6. The zero-order valence-electron chi connectivity index (χ0n) is 12.5. The first-order chi connectivity index (χ1) is 11.9. The van der Waals surface area contributed by atoms with Gasteiger partial charge in [0.15, 0.2) is 0 Å². The highest BCUT2D eigenvalue weighted by atomic mass is 79.9. The Balaban J connectivity index is 1.94. The number of nitro groups is 1. The van der Waals surface area contributed by atoms with Crippen LogP contribution in [0.2, 0.25) is 0 Å². The van der Waals surface area contributed by atoms with Crippen LogP contribution in [0.5, 0.6) is 0 Å². The maximum Gasteiger partial charge on any atom is 0.357 e. The van der Waals surface area contributed by atoms with Crippen molar-refractivity contribution >= 4 is 33.8 Å². The van der Waals surface area contributed by atoms with Crippen molar-refractivity contribution in [2.45, 2.75) is 0 Å². The number of nitrogens with zero attached hydrogens (tertiary/aromatic N) is 1. The summed E-state index contributed by atoms with van der Waals surface area (Å²) in [4.78, 5) is 37.0. The zero-order valence-corrected chi connectivity index (χ0v) is 14.1. The van der Waals surface area contributed by atoms with Crippen LogP contribution < -0.4 is 11.2 Å². The number of rotatable bonds is 4. The number of halogens is 1. The predicted molar refractivity (Wildman–Crippen MR) is 95.1 cm³/mol. The second-order valence-corrected chi connectivity index (χ2v) is 5.89. The van der Waals surface area contributed by atoms with Gasteiger partial charge in [-0.2, -0.15) is 0 Å². The van der Waals surface area contributed by atoms with Crippen molar-refractivity contribution < 1.29 is 9.34 Å². The van der Waals surface area contributed by atoms with Crippen molar-refractivity contribution in [2.24, 2.45) is 0 Å². The molecule has 126 valence electrons. The molecule has 3 aromatic rings. The van der Waals surface area contributed by atoms with Crippen molar-refractivity contribution in [3.05, 3.63) is 83.3 Å². The van der Waals surface area contributed by atoms with Gasteiger partial charge >= 0.3 is 16.9 Å². The number of aromatic nitrogens is 2. The molecule has 0 amide bonds. The number of furan rings is 1. The van der Waals surface area contributed by atoms with Crippen molar-refractivity contribution in [1.82, 2.24) is 9.97 Å². The highest BCUT2D eigenvalue weighted by molar-refractivity contribution is 9.10. The Morgan fingerprint density at radius 3 is 2.44 bits per heavy atom. The molecule has 0 aliphatic carbocycles. The number of benzene rings is 1. The second-order valence-electron chi connectivity index (χ2n) is 4.97. The van der Waals surface area contributed by atoms with Crippen LogP contribution in [0.3, 0.4) is 0 Å². The number of aromatic amines is 2. The Bertz CT molecular complexity index is 1080. The van der Waals surface area contributed by atoms with E-state index >= 15 is 0 Å². The van der Waals surface area contributed by atoms with E-state index in [0.29, 0.717) is 11.5 Å². The molecule has 0 saturated carbocycles. The van der Waals surface area contributed by atoms with Crippen LogP contribution >= 0.6 is 15.9 Å². The van der Waals surface area contributed by atoms with Crippen molar-refractivity contribution in [2.75, 3.05) is 0 Å². The Labute approximate surface area is 148 Å². The lowest BCUT2D eigenvalue weighted by Crippen LogP contribution is -2.25. The fraction of sp³-hybridized carbons (Fsp3) is 0. The molecular formula is C16H10BrN3O5. The Morgan fingerprint density at radius 2 is 1.76 bits per heavy atom. The Morgan fingerprint density at radius 1 is 1.04 bits per heavy atom. The summed E-state index contributed by atoms with van der Waals surface area (Å²) in [6, 6.07) is 10.9. The van der Waals surface area contributed by atoms with Crippen molar-refractivity contribution in [1.29, 1.82) is 0 Å². The molecule has 3 rings (SSSR count). The molecule has 0 atom stereocenters. The van der Waals surface area contributed by atoms with E-state index in [9.17, 15) is 19.7 Å². The highest BCUT2D eigenvalue weighted by Gasteiger charge is 2.18. The van der Waals surface area contributed by atoms with Crippen molar-refractivity contribution in [3.8, 4) is 11.3 Å². The normalized spacial score (nSPS) is 11.1. The molecule has 2 heterocycles. The van der Waals surface area contributed by atoms with E-state index in [0.717, 1.165) is 10.0 Å². The molecular weight excluding hydrogens is 394 g/mol. The van der Waals surface area contributed by atoms with E-state index in [4.69, 9.17) is 4.42 Å². The molecule has 0 spiro atoms. The fourth-order valence-electron chi connectivity index (χ4n) is 2.18. The van der Waals surface area contributed by atoms with E-state index in [1.54, 1.807) is 12.1 Å². The number of hydrogen-bond donors (Lipinski definition) is 2. The standard InChI is InChI=1S/C16H10BrN3O5/c17-10-3-1-9(2-4-10)13-8-6-11(25-13)5-7-12-14(20(23)24)15(21)19-16(22)18-12/h1-8H,(H2,18,19,21,22)/b7-5-. The zero-order chi connectivity index (χ0) is 18.0. The van der Waals surface area contributed by atoms with E-state index in [-0.39, 0.29) is 5.69 Å². The van der Waals surface area contributed by atoms with E-state index in [1.165, 1.54) is 12.2 Å². The summed E-state index contributed by atoms with van der Waals surface area (Å²) in [6.07, 6.45) is 2.68. The molecule has 0 saturated heterocycles. The van der Waals surface area contributed by atoms with E-state index in [1.807, 2.05) is 29.2 Å². The van der Waals surface area contributed by atoms with Gasteiger partial charge in [0, 0.05) is 10.0 Å². The van der Waals surface area contributed by atoms with Gasteiger partial charge < -0.3 is 9.40 Å². The fourth-order valence-corrected chi connectivity index (χ4v) is 2.44. The van der Waals surface area contributed by atoms with Crippen LogP contribution in [-0.2, 0) is 0 Å². The number of nitrogens with one attached hydrogen (secondary N) is 2. The van der Waals surface area contributed by atoms with Gasteiger partial charge in [0.25, 0.3) is 0 Å². The topological polar surface area (TPSA) is 122 Å². The monoisotopic (exact) mass is 403 g/mol. The lowest BCUT2D eigenvalue weighted by molar-refractivity contribution is -0.386. The summed E-state index contributed by atoms with van der Waals surface area (Å²) < 4.78 is 6.58. The Hall–Kier alpha value is -3.20. The van der Waals surface area contributed by atoms with Gasteiger partial charge in [0.1, 0.15) is 17.2 Å². The predicted octanol–water partition coefficient (Wildman–Crippen LogP) is 3.16. The third-order valence-corrected chi connectivity index (χ3v) is 3.83. The summed E-state index contributed by atoms with van der Waals surface area (Å²) >= 11 is 3.35. The third-order valence-electron chi connectivity index (χ3n) is 3.30. The van der Waals surface area contributed by atoms with E-state index < -0.39 is 21.9 Å². The summed E-state index contributed by atoms with van der Waals surface area (Å²) in [5.41, 5.74) is -1.98. The minimum Gasteiger partial charge on any atom is -0.457 e. The van der Waals surface area contributed by atoms with Gasteiger partial charge in [0.05, 0.1) is 4.92 Å². The molecule has 8 nitrogen and oxygen atoms in total. The first-order valence-electron chi connectivity index (χ1n) is 6.99. The van der Waals surface area contributed by atoms with Gasteiger partial charge in [-0.1, -0.05) is 28.1 Å². The summed E-state index contributed by atoms with van der Waals surface area (Å²) in [5.74, 6) is 1.02. The SMILES string of the molecule is O=c1[nH]c(/C=C\c2ccc(-c3ccc(Br)cc3)o2)c([N+](=O)[O-])c(=O)[nH]1. The average Bonchev–Trinajstić information content (AvgIpc) is 3.01. The Kier molecular flexibility index (Phi) is 4.48. The van der Waals surface area contributed by atoms with Crippen LogP contribution in [0.25, 0.3) is 23.5 Å².